The van der Waals surface area contributed by atoms with Crippen LogP contribution < -0.4 is 5.32 Å². The number of methoxy groups -OCH3 is 1. The largest absolute Gasteiger partial charge is 0.468 e. The molecule has 1 N–H and O–H groups in total. The predicted molar refractivity (Wildman–Crippen MR) is 59.7 cm³/mol. The van der Waals surface area contributed by atoms with Crippen LogP contribution in [0.3, 0.4) is 0 Å². The Balaban J connectivity index is 2.03. The maximum absolute atomic E-state index is 11.6. The minimum absolute atomic E-state index is 0.256. The summed E-state index contributed by atoms with van der Waals surface area (Å²) in [6, 6.07) is 3.32. The van der Waals surface area contributed by atoms with Gasteiger partial charge in [0.15, 0.2) is 0 Å². The van der Waals surface area contributed by atoms with Gasteiger partial charge < -0.3 is 10.1 Å². The molecule has 4 heteroatoms. The van der Waals surface area contributed by atoms with Gasteiger partial charge in [-0.25, -0.2) is 4.79 Å². The fourth-order valence-corrected chi connectivity index (χ4v) is 1.61. The summed E-state index contributed by atoms with van der Waals surface area (Å²) in [6.07, 6.45) is 5.90. The minimum atomic E-state index is -0.390. The van der Waals surface area contributed by atoms with E-state index in [1.165, 1.54) is 20.0 Å². The molecule has 0 amide bonds. The van der Waals surface area contributed by atoms with E-state index in [4.69, 9.17) is 4.74 Å². The van der Waals surface area contributed by atoms with Crippen molar-refractivity contribution in [3.8, 4) is 0 Å². The Morgan fingerprint density at radius 1 is 1.69 bits per heavy atom. The number of hydrogen-bond acceptors (Lipinski definition) is 4. The topological polar surface area (TPSA) is 51.2 Å². The molecule has 0 radical (unpaired) electrons. The summed E-state index contributed by atoms with van der Waals surface area (Å²) in [5.41, 5.74) is 0.856. The predicted octanol–water partition coefficient (Wildman–Crippen LogP) is 1.30. The third kappa shape index (κ3) is 2.79. The number of pyridine rings is 1. The van der Waals surface area contributed by atoms with Crippen molar-refractivity contribution in [1.82, 2.24) is 10.3 Å². The summed E-state index contributed by atoms with van der Waals surface area (Å²) in [6.45, 7) is 0.870. The van der Waals surface area contributed by atoms with E-state index >= 15 is 0 Å². The van der Waals surface area contributed by atoms with E-state index in [1.54, 1.807) is 12.4 Å². The molecule has 1 heterocycles. The molecule has 0 aromatic carbocycles. The molecule has 1 fully saturated rings. The van der Waals surface area contributed by atoms with E-state index in [1.807, 2.05) is 12.1 Å². The lowest BCUT2D eigenvalue weighted by Crippen LogP contribution is -2.31. The molecule has 0 aliphatic heterocycles. The highest BCUT2D eigenvalue weighted by molar-refractivity contribution is 5.77. The number of nitrogens with one attached hydrogen (secondary N) is 1. The monoisotopic (exact) mass is 220 g/mol. The van der Waals surface area contributed by atoms with Gasteiger partial charge in [-0.15, -0.1) is 0 Å². The number of aromatic nitrogens is 1. The molecule has 2 rings (SSSR count). The van der Waals surface area contributed by atoms with Crippen LogP contribution in [0.1, 0.15) is 24.4 Å². The van der Waals surface area contributed by atoms with Gasteiger partial charge >= 0.3 is 5.97 Å². The first-order chi connectivity index (χ1) is 7.81. The van der Waals surface area contributed by atoms with E-state index in [0.717, 1.165) is 18.0 Å². The number of rotatable bonds is 5. The number of carbonyl (C=O) groups excluding carboxylic acids is 1. The maximum Gasteiger partial charge on any atom is 0.327 e. The molecule has 0 saturated heterocycles. The lowest BCUT2D eigenvalue weighted by molar-refractivity contribution is -0.143. The van der Waals surface area contributed by atoms with Crippen LogP contribution in [0.25, 0.3) is 0 Å². The van der Waals surface area contributed by atoms with Gasteiger partial charge in [0.25, 0.3) is 0 Å². The Bertz CT molecular complexity index is 349. The summed E-state index contributed by atoms with van der Waals surface area (Å²) in [5.74, 6) is 0.470. The van der Waals surface area contributed by atoms with Crippen LogP contribution in [0.5, 0.6) is 0 Å². The molecule has 4 nitrogen and oxygen atoms in total. The van der Waals surface area contributed by atoms with Gasteiger partial charge in [0, 0.05) is 12.4 Å². The average molecular weight is 220 g/mol. The van der Waals surface area contributed by atoms with Crippen LogP contribution in [0.15, 0.2) is 24.5 Å². The van der Waals surface area contributed by atoms with Gasteiger partial charge in [0.2, 0.25) is 0 Å². The maximum atomic E-state index is 11.6. The van der Waals surface area contributed by atoms with Crippen molar-refractivity contribution < 1.29 is 9.53 Å². The van der Waals surface area contributed by atoms with Gasteiger partial charge in [-0.1, -0.05) is 6.07 Å². The fraction of sp³-hybridized carbons (Fsp3) is 0.500. The number of ether oxygens (including phenoxy) is 1. The molecule has 1 aromatic rings. The highest BCUT2D eigenvalue weighted by Crippen LogP contribution is 2.28. The Hall–Kier alpha value is -1.42. The third-order valence-electron chi connectivity index (χ3n) is 2.76. The molecule has 1 atom stereocenters. The van der Waals surface area contributed by atoms with Crippen LogP contribution >= 0.6 is 0 Å². The van der Waals surface area contributed by atoms with Crippen molar-refractivity contribution in [2.45, 2.75) is 18.9 Å². The molecule has 16 heavy (non-hydrogen) atoms. The highest BCUT2D eigenvalue weighted by atomic mass is 16.5. The second-order valence-electron chi connectivity index (χ2n) is 4.09. The molecule has 86 valence electrons. The third-order valence-corrected chi connectivity index (χ3v) is 2.76. The highest BCUT2D eigenvalue weighted by Gasteiger charge is 2.26. The van der Waals surface area contributed by atoms with Gasteiger partial charge in [0.05, 0.1) is 7.11 Å². The quantitative estimate of drug-likeness (QED) is 0.760. The van der Waals surface area contributed by atoms with Crippen molar-refractivity contribution in [3.05, 3.63) is 30.1 Å². The Kier molecular flexibility index (Phi) is 3.51. The van der Waals surface area contributed by atoms with E-state index in [9.17, 15) is 4.79 Å². The van der Waals surface area contributed by atoms with Crippen LogP contribution in [-0.2, 0) is 9.53 Å². The summed E-state index contributed by atoms with van der Waals surface area (Å²) < 4.78 is 4.79. The van der Waals surface area contributed by atoms with Crippen molar-refractivity contribution in [2.24, 2.45) is 5.92 Å². The van der Waals surface area contributed by atoms with Crippen molar-refractivity contribution in [2.75, 3.05) is 13.7 Å². The lowest BCUT2D eigenvalue weighted by atomic mass is 10.1. The number of esters is 1. The number of hydrogen-bond donors (Lipinski definition) is 1. The van der Waals surface area contributed by atoms with E-state index in [0.29, 0.717) is 0 Å². The molecule has 1 aliphatic rings. The Morgan fingerprint density at radius 3 is 3.06 bits per heavy atom. The normalized spacial score (nSPS) is 16.8. The van der Waals surface area contributed by atoms with Gasteiger partial charge in [-0.05, 0) is 36.9 Å². The van der Waals surface area contributed by atoms with Crippen LogP contribution in [0.2, 0.25) is 0 Å². The van der Waals surface area contributed by atoms with Crippen molar-refractivity contribution in [3.63, 3.8) is 0 Å². The lowest BCUT2D eigenvalue weighted by Gasteiger charge is -2.16. The first kappa shape index (κ1) is 11.1. The Morgan fingerprint density at radius 2 is 2.50 bits per heavy atom. The van der Waals surface area contributed by atoms with Gasteiger partial charge in [-0.2, -0.15) is 0 Å². The smallest absolute Gasteiger partial charge is 0.327 e. The molecule has 1 unspecified atom stereocenters. The molecule has 0 bridgehead atoms. The molecular weight excluding hydrogens is 204 g/mol. The molecular formula is C12H16N2O2. The standard InChI is InChI=1S/C12H16N2O2/c1-16-12(15)11(14-7-9-4-5-9)10-3-2-6-13-8-10/h2-3,6,8-9,11,14H,4-5,7H2,1H3. The number of nitrogens with zero attached hydrogens (tertiary/aromatic N) is 1. The molecule has 1 aliphatic carbocycles. The van der Waals surface area contributed by atoms with Crippen LogP contribution in [0, 0.1) is 5.92 Å². The summed E-state index contributed by atoms with van der Waals surface area (Å²) in [7, 11) is 1.41. The zero-order valence-electron chi connectivity index (χ0n) is 9.35. The zero-order valence-corrected chi connectivity index (χ0v) is 9.35. The second-order valence-corrected chi connectivity index (χ2v) is 4.09. The van der Waals surface area contributed by atoms with Crippen molar-refractivity contribution >= 4 is 5.97 Å². The van der Waals surface area contributed by atoms with Gasteiger partial charge in [0.1, 0.15) is 6.04 Å². The van der Waals surface area contributed by atoms with Crippen LogP contribution in [0.4, 0.5) is 0 Å². The van der Waals surface area contributed by atoms with Crippen LogP contribution in [-0.4, -0.2) is 24.6 Å². The Labute approximate surface area is 95.0 Å². The summed E-state index contributed by atoms with van der Waals surface area (Å²) in [4.78, 5) is 15.7. The van der Waals surface area contributed by atoms with E-state index < -0.39 is 0 Å². The second kappa shape index (κ2) is 5.07. The van der Waals surface area contributed by atoms with Crippen molar-refractivity contribution in [1.29, 1.82) is 0 Å². The fourth-order valence-electron chi connectivity index (χ4n) is 1.61. The first-order valence-corrected chi connectivity index (χ1v) is 5.52. The summed E-state index contributed by atoms with van der Waals surface area (Å²) >= 11 is 0. The van der Waals surface area contributed by atoms with Gasteiger partial charge in [-0.3, -0.25) is 4.98 Å². The molecule has 1 aromatic heterocycles. The SMILES string of the molecule is COC(=O)C(NCC1CC1)c1cccnc1. The molecule has 1 saturated carbocycles. The molecule has 0 spiro atoms. The first-order valence-electron chi connectivity index (χ1n) is 5.52. The van der Waals surface area contributed by atoms with E-state index in [-0.39, 0.29) is 12.0 Å². The zero-order chi connectivity index (χ0) is 11.4. The minimum Gasteiger partial charge on any atom is -0.468 e. The number of carbonyl (C=O) groups is 1. The average Bonchev–Trinajstić information content (AvgIpc) is 3.14. The van der Waals surface area contributed by atoms with E-state index in [2.05, 4.69) is 10.3 Å². The summed E-state index contributed by atoms with van der Waals surface area (Å²) in [5, 5.41) is 3.23.